The molecule has 1 spiro atoms. The Balaban J connectivity index is 1.49. The molecule has 2 aliphatic rings. The van der Waals surface area contributed by atoms with Crippen molar-refractivity contribution in [3.05, 3.63) is 29.3 Å². The predicted octanol–water partition coefficient (Wildman–Crippen LogP) is 1.84. The van der Waals surface area contributed by atoms with Crippen LogP contribution in [0.15, 0.2) is 18.2 Å². The minimum absolute atomic E-state index is 0.222. The van der Waals surface area contributed by atoms with Crippen molar-refractivity contribution in [2.24, 2.45) is 0 Å². The van der Waals surface area contributed by atoms with Gasteiger partial charge in [0, 0.05) is 19.8 Å². The molecule has 10 heteroatoms. The number of anilines is 1. The van der Waals surface area contributed by atoms with Crippen LogP contribution in [-0.2, 0) is 23.9 Å². The molecule has 1 aromatic rings. The van der Waals surface area contributed by atoms with Crippen LogP contribution in [0.3, 0.4) is 0 Å². The van der Waals surface area contributed by atoms with E-state index in [0.29, 0.717) is 18.5 Å². The summed E-state index contributed by atoms with van der Waals surface area (Å²) in [5.41, 5.74) is 1.63. The molecule has 1 aromatic carbocycles. The third-order valence-corrected chi connectivity index (χ3v) is 6.68. The van der Waals surface area contributed by atoms with Crippen LogP contribution in [0, 0.1) is 13.8 Å². The second kappa shape index (κ2) is 10.2. The van der Waals surface area contributed by atoms with Gasteiger partial charge in [0.05, 0.1) is 6.54 Å². The van der Waals surface area contributed by atoms with Crippen LogP contribution in [0.1, 0.15) is 43.2 Å². The molecule has 184 valence electrons. The number of urea groups is 1. The maximum Gasteiger partial charge on any atom is 0.327 e. The molecule has 0 aromatic heterocycles. The van der Waals surface area contributed by atoms with Gasteiger partial charge in [0.2, 0.25) is 5.91 Å². The summed E-state index contributed by atoms with van der Waals surface area (Å²) in [6.07, 6.45) is 3.86. The maximum absolute atomic E-state index is 12.9. The molecule has 34 heavy (non-hydrogen) atoms. The topological polar surface area (TPSA) is 116 Å². The molecule has 1 saturated carbocycles. The van der Waals surface area contributed by atoms with E-state index in [0.717, 1.165) is 40.2 Å². The van der Waals surface area contributed by atoms with E-state index < -0.39 is 36.6 Å². The number of esters is 1. The highest BCUT2D eigenvalue weighted by Crippen LogP contribution is 2.39. The Morgan fingerprint density at radius 3 is 2.32 bits per heavy atom. The molecule has 1 heterocycles. The minimum atomic E-state index is -0.880. The number of benzene rings is 1. The number of nitrogens with zero attached hydrogens (tertiary/aromatic N) is 3. The lowest BCUT2D eigenvalue weighted by Crippen LogP contribution is -2.49. The summed E-state index contributed by atoms with van der Waals surface area (Å²) in [6, 6.07) is 5.11. The first-order chi connectivity index (χ1) is 16.1. The summed E-state index contributed by atoms with van der Waals surface area (Å²) in [5.74, 6) is -2.20. The Morgan fingerprint density at radius 1 is 1.09 bits per heavy atom. The second-order valence-electron chi connectivity index (χ2n) is 9.05. The highest BCUT2D eigenvalue weighted by atomic mass is 16.5. The Kier molecular flexibility index (Phi) is 7.58. The predicted molar refractivity (Wildman–Crippen MR) is 124 cm³/mol. The molecule has 1 N–H and O–H groups in total. The molecule has 0 atom stereocenters. The zero-order valence-electron chi connectivity index (χ0n) is 20.2. The Labute approximate surface area is 199 Å². The molecule has 10 nitrogen and oxygen atoms in total. The summed E-state index contributed by atoms with van der Waals surface area (Å²) < 4.78 is 5.01. The van der Waals surface area contributed by atoms with Gasteiger partial charge in [-0.15, -0.1) is 0 Å². The summed E-state index contributed by atoms with van der Waals surface area (Å²) >= 11 is 0. The van der Waals surface area contributed by atoms with E-state index in [1.54, 1.807) is 7.05 Å². The average molecular weight is 473 g/mol. The number of para-hydroxylation sites is 1. The van der Waals surface area contributed by atoms with Crippen LogP contribution >= 0.6 is 0 Å². The number of amides is 5. The number of hydrogen-bond donors (Lipinski definition) is 1. The van der Waals surface area contributed by atoms with Gasteiger partial charge in [-0.1, -0.05) is 37.5 Å². The number of ether oxygens (including phenoxy) is 1. The standard InChI is InChI=1S/C24H32N4O6/c1-16-9-8-10-17(2)21(16)25-18(29)13-26(3)19(30)15-34-20(31)14-28-22(32)24(27(4)23(28)33)11-6-5-7-12-24/h8-10H,5-7,11-15H2,1-4H3,(H,25,29). The lowest BCUT2D eigenvalue weighted by molar-refractivity contribution is -0.153. The normalized spacial score (nSPS) is 17.2. The van der Waals surface area contributed by atoms with Gasteiger partial charge >= 0.3 is 12.0 Å². The number of carbonyl (C=O) groups excluding carboxylic acids is 5. The number of nitrogens with one attached hydrogen (secondary N) is 1. The van der Waals surface area contributed by atoms with Crippen LogP contribution in [0.25, 0.3) is 0 Å². The summed E-state index contributed by atoms with van der Waals surface area (Å²) in [6.45, 7) is 2.39. The van der Waals surface area contributed by atoms with Gasteiger partial charge in [-0.3, -0.25) is 24.1 Å². The van der Waals surface area contributed by atoms with Crippen LogP contribution in [-0.4, -0.2) is 83.8 Å². The van der Waals surface area contributed by atoms with E-state index in [4.69, 9.17) is 4.74 Å². The van der Waals surface area contributed by atoms with Gasteiger partial charge in [0.25, 0.3) is 11.8 Å². The molecule has 2 fully saturated rings. The van der Waals surface area contributed by atoms with Crippen molar-refractivity contribution >= 4 is 35.4 Å². The van der Waals surface area contributed by atoms with Crippen molar-refractivity contribution in [2.75, 3.05) is 39.1 Å². The van der Waals surface area contributed by atoms with Crippen LogP contribution in [0.5, 0.6) is 0 Å². The van der Waals surface area contributed by atoms with E-state index in [-0.39, 0.29) is 18.4 Å². The van der Waals surface area contributed by atoms with Crippen molar-refractivity contribution in [1.29, 1.82) is 0 Å². The largest absolute Gasteiger partial charge is 0.454 e. The fourth-order valence-electron chi connectivity index (χ4n) is 4.59. The number of imide groups is 1. The third kappa shape index (κ3) is 5.05. The van der Waals surface area contributed by atoms with E-state index in [2.05, 4.69) is 5.32 Å². The number of carbonyl (C=O) groups is 5. The summed E-state index contributed by atoms with van der Waals surface area (Å²) in [4.78, 5) is 66.0. The molecule has 3 rings (SSSR count). The van der Waals surface area contributed by atoms with Gasteiger partial charge in [0.15, 0.2) is 6.61 Å². The molecular formula is C24H32N4O6. The smallest absolute Gasteiger partial charge is 0.327 e. The Morgan fingerprint density at radius 2 is 1.71 bits per heavy atom. The fraction of sp³-hybridized carbons (Fsp3) is 0.542. The van der Waals surface area contributed by atoms with Crippen LogP contribution < -0.4 is 5.32 Å². The van der Waals surface area contributed by atoms with Crippen molar-refractivity contribution in [3.8, 4) is 0 Å². The molecule has 0 radical (unpaired) electrons. The van der Waals surface area contributed by atoms with Gasteiger partial charge in [-0.2, -0.15) is 0 Å². The number of hydrogen-bond acceptors (Lipinski definition) is 6. The zero-order chi connectivity index (χ0) is 25.0. The number of likely N-dealkylation sites (N-methyl/N-ethyl adjacent to an activating group) is 2. The maximum atomic E-state index is 12.9. The quantitative estimate of drug-likeness (QED) is 0.478. The molecular weight excluding hydrogens is 440 g/mol. The van der Waals surface area contributed by atoms with E-state index in [1.165, 1.54) is 11.9 Å². The highest BCUT2D eigenvalue weighted by molar-refractivity contribution is 6.08. The first-order valence-corrected chi connectivity index (χ1v) is 11.4. The lowest BCUT2D eigenvalue weighted by atomic mass is 9.81. The average Bonchev–Trinajstić information content (AvgIpc) is 2.96. The van der Waals surface area contributed by atoms with E-state index in [1.807, 2.05) is 32.0 Å². The van der Waals surface area contributed by atoms with Crippen LogP contribution in [0.4, 0.5) is 10.5 Å². The van der Waals surface area contributed by atoms with Gasteiger partial charge in [-0.05, 0) is 37.8 Å². The molecule has 1 aliphatic carbocycles. The van der Waals surface area contributed by atoms with Crippen molar-refractivity contribution in [3.63, 3.8) is 0 Å². The second-order valence-corrected chi connectivity index (χ2v) is 9.05. The minimum Gasteiger partial charge on any atom is -0.454 e. The Bertz CT molecular complexity index is 981. The molecule has 5 amide bonds. The fourth-order valence-corrected chi connectivity index (χ4v) is 4.59. The molecule has 1 saturated heterocycles. The van der Waals surface area contributed by atoms with E-state index in [9.17, 15) is 24.0 Å². The summed E-state index contributed by atoms with van der Waals surface area (Å²) in [5, 5.41) is 2.79. The first kappa shape index (κ1) is 25.2. The summed E-state index contributed by atoms with van der Waals surface area (Å²) in [7, 11) is 3.01. The van der Waals surface area contributed by atoms with Gasteiger partial charge < -0.3 is 19.9 Å². The SMILES string of the molecule is Cc1cccc(C)c1NC(=O)CN(C)C(=O)COC(=O)CN1C(=O)N(C)C2(CCCCC2)C1=O. The molecule has 0 unspecified atom stereocenters. The third-order valence-electron chi connectivity index (χ3n) is 6.68. The number of rotatable bonds is 7. The van der Waals surface area contributed by atoms with Crippen molar-refractivity contribution in [2.45, 2.75) is 51.5 Å². The molecule has 0 bridgehead atoms. The van der Waals surface area contributed by atoms with Gasteiger partial charge in [0.1, 0.15) is 12.1 Å². The lowest BCUT2D eigenvalue weighted by Gasteiger charge is -2.35. The zero-order valence-corrected chi connectivity index (χ0v) is 20.2. The monoisotopic (exact) mass is 472 g/mol. The van der Waals surface area contributed by atoms with Crippen molar-refractivity contribution in [1.82, 2.24) is 14.7 Å². The Hall–Kier alpha value is -3.43. The van der Waals surface area contributed by atoms with Crippen molar-refractivity contribution < 1.29 is 28.7 Å². The highest BCUT2D eigenvalue weighted by Gasteiger charge is 2.56. The first-order valence-electron chi connectivity index (χ1n) is 11.4. The molecule has 1 aliphatic heterocycles. The van der Waals surface area contributed by atoms with E-state index >= 15 is 0 Å². The van der Waals surface area contributed by atoms with Gasteiger partial charge in [-0.25, -0.2) is 4.79 Å². The van der Waals surface area contributed by atoms with Crippen LogP contribution in [0.2, 0.25) is 0 Å². The number of aryl methyl sites for hydroxylation is 2.